The summed E-state index contributed by atoms with van der Waals surface area (Å²) in [6.07, 6.45) is 8.82. The Bertz CT molecular complexity index is 432. The van der Waals surface area contributed by atoms with Crippen LogP contribution in [0.3, 0.4) is 0 Å². The zero-order chi connectivity index (χ0) is 13.1. The summed E-state index contributed by atoms with van der Waals surface area (Å²) in [7, 11) is 2.05. The minimum absolute atomic E-state index is 0.129. The Labute approximate surface area is 109 Å². The van der Waals surface area contributed by atoms with Gasteiger partial charge in [0.2, 0.25) is 0 Å². The molecule has 2 rings (SSSR count). The van der Waals surface area contributed by atoms with Gasteiger partial charge in [-0.15, -0.1) is 0 Å². The summed E-state index contributed by atoms with van der Waals surface area (Å²) >= 11 is 0. The molecule has 18 heavy (non-hydrogen) atoms. The number of aromatic nitrogens is 2. The van der Waals surface area contributed by atoms with Crippen LogP contribution in [-0.4, -0.2) is 22.2 Å². The molecule has 0 aliphatic heterocycles. The number of imidazole rings is 1. The molecule has 102 valence electrons. The Hall–Kier alpha value is -1.03. The van der Waals surface area contributed by atoms with E-state index in [9.17, 15) is 4.79 Å². The molecule has 4 heteroatoms. The summed E-state index contributed by atoms with van der Waals surface area (Å²) in [5, 5.41) is 3.40. The average molecular weight is 251 g/mol. The minimum atomic E-state index is 0.129. The molecule has 1 N–H and O–H groups in total. The van der Waals surface area contributed by atoms with E-state index >= 15 is 0 Å². The Morgan fingerprint density at radius 3 is 2.78 bits per heavy atom. The summed E-state index contributed by atoms with van der Waals surface area (Å²) in [5.41, 5.74) is 0.129. The van der Waals surface area contributed by atoms with Crippen molar-refractivity contribution in [1.29, 1.82) is 0 Å². The monoisotopic (exact) mass is 251 g/mol. The fraction of sp³-hybridized carbons (Fsp3) is 0.786. The second kappa shape index (κ2) is 5.74. The van der Waals surface area contributed by atoms with Crippen LogP contribution in [0.4, 0.5) is 0 Å². The molecular weight excluding hydrogens is 226 g/mol. The van der Waals surface area contributed by atoms with E-state index in [-0.39, 0.29) is 11.7 Å². The van der Waals surface area contributed by atoms with Crippen LogP contribution in [0.5, 0.6) is 0 Å². The van der Waals surface area contributed by atoms with Crippen LogP contribution in [-0.2, 0) is 6.54 Å². The molecule has 0 amide bonds. The third kappa shape index (κ3) is 2.69. The van der Waals surface area contributed by atoms with Gasteiger partial charge in [-0.3, -0.25) is 9.13 Å². The third-order valence-electron chi connectivity index (χ3n) is 4.20. The SMILES string of the molecule is CNC1CCCC1CCn1ccn(C(C)C)c1=O. The smallest absolute Gasteiger partial charge is 0.317 e. The van der Waals surface area contributed by atoms with E-state index in [0.717, 1.165) is 18.9 Å². The number of hydrogen-bond acceptors (Lipinski definition) is 2. The number of aryl methyl sites for hydroxylation is 1. The Kier molecular flexibility index (Phi) is 4.27. The van der Waals surface area contributed by atoms with E-state index in [1.165, 1.54) is 19.3 Å². The van der Waals surface area contributed by atoms with Gasteiger partial charge in [-0.2, -0.15) is 0 Å². The van der Waals surface area contributed by atoms with Crippen molar-refractivity contribution in [2.45, 2.75) is 58.2 Å². The summed E-state index contributed by atoms with van der Waals surface area (Å²) in [6.45, 7) is 4.93. The predicted octanol–water partition coefficient (Wildman–Crippen LogP) is 2.01. The molecular formula is C14H25N3O. The Balaban J connectivity index is 1.96. The lowest BCUT2D eigenvalue weighted by molar-refractivity contribution is 0.374. The standard InChI is InChI=1S/C14H25N3O/c1-11(2)17-10-9-16(14(17)18)8-7-12-5-4-6-13(12)15-3/h9-13,15H,4-8H2,1-3H3. The highest BCUT2D eigenvalue weighted by Gasteiger charge is 2.25. The van der Waals surface area contributed by atoms with Crippen molar-refractivity contribution in [3.05, 3.63) is 22.9 Å². The molecule has 0 radical (unpaired) electrons. The molecule has 1 heterocycles. The highest BCUT2D eigenvalue weighted by atomic mass is 16.1. The van der Waals surface area contributed by atoms with E-state index in [1.807, 2.05) is 37.9 Å². The van der Waals surface area contributed by atoms with Crippen molar-refractivity contribution >= 4 is 0 Å². The predicted molar refractivity (Wildman–Crippen MR) is 73.9 cm³/mol. The highest BCUT2D eigenvalue weighted by Crippen LogP contribution is 2.28. The maximum Gasteiger partial charge on any atom is 0.328 e. The van der Waals surface area contributed by atoms with Crippen molar-refractivity contribution in [2.24, 2.45) is 5.92 Å². The van der Waals surface area contributed by atoms with Crippen molar-refractivity contribution in [1.82, 2.24) is 14.5 Å². The first kappa shape index (κ1) is 13.4. The molecule has 0 saturated heterocycles. The minimum Gasteiger partial charge on any atom is -0.317 e. The molecule has 1 saturated carbocycles. The number of hydrogen-bond donors (Lipinski definition) is 1. The molecule has 1 aromatic rings. The summed E-state index contributed by atoms with van der Waals surface area (Å²) < 4.78 is 3.65. The zero-order valence-corrected chi connectivity index (χ0v) is 11.7. The van der Waals surface area contributed by atoms with Gasteiger partial charge >= 0.3 is 5.69 Å². The van der Waals surface area contributed by atoms with Crippen molar-refractivity contribution in [3.63, 3.8) is 0 Å². The molecule has 1 aromatic heterocycles. The van der Waals surface area contributed by atoms with Gasteiger partial charge in [0.05, 0.1) is 0 Å². The van der Waals surface area contributed by atoms with Gasteiger partial charge in [-0.1, -0.05) is 6.42 Å². The van der Waals surface area contributed by atoms with Gasteiger partial charge in [-0.25, -0.2) is 4.79 Å². The van der Waals surface area contributed by atoms with E-state index in [4.69, 9.17) is 0 Å². The maximum absolute atomic E-state index is 12.1. The second-order valence-electron chi connectivity index (χ2n) is 5.65. The lowest BCUT2D eigenvalue weighted by Gasteiger charge is -2.18. The van der Waals surface area contributed by atoms with Crippen LogP contribution in [0.15, 0.2) is 17.2 Å². The quantitative estimate of drug-likeness (QED) is 0.869. The number of nitrogens with zero attached hydrogens (tertiary/aromatic N) is 2. The molecule has 2 atom stereocenters. The first-order valence-corrected chi connectivity index (χ1v) is 7.08. The third-order valence-corrected chi connectivity index (χ3v) is 4.20. The fourth-order valence-corrected chi connectivity index (χ4v) is 3.06. The maximum atomic E-state index is 12.1. The van der Waals surface area contributed by atoms with Crippen molar-refractivity contribution < 1.29 is 0 Å². The summed E-state index contributed by atoms with van der Waals surface area (Å²) in [5.74, 6) is 0.726. The molecule has 1 fully saturated rings. The molecule has 0 spiro atoms. The zero-order valence-electron chi connectivity index (χ0n) is 11.7. The van der Waals surface area contributed by atoms with E-state index in [1.54, 1.807) is 4.57 Å². The van der Waals surface area contributed by atoms with Crippen molar-refractivity contribution in [3.8, 4) is 0 Å². The van der Waals surface area contributed by atoms with Crippen molar-refractivity contribution in [2.75, 3.05) is 7.05 Å². The van der Waals surface area contributed by atoms with E-state index < -0.39 is 0 Å². The van der Waals surface area contributed by atoms with E-state index in [0.29, 0.717) is 6.04 Å². The van der Waals surface area contributed by atoms with Gasteiger partial charge in [0.25, 0.3) is 0 Å². The Morgan fingerprint density at radius 2 is 2.17 bits per heavy atom. The lowest BCUT2D eigenvalue weighted by Crippen LogP contribution is -2.31. The first-order chi connectivity index (χ1) is 8.63. The molecule has 0 aromatic carbocycles. The van der Waals surface area contributed by atoms with Gasteiger partial charge in [0.15, 0.2) is 0 Å². The Morgan fingerprint density at radius 1 is 1.39 bits per heavy atom. The largest absolute Gasteiger partial charge is 0.328 e. The summed E-state index contributed by atoms with van der Waals surface area (Å²) in [6, 6.07) is 0.892. The van der Waals surface area contributed by atoms with Gasteiger partial charge < -0.3 is 5.32 Å². The van der Waals surface area contributed by atoms with Gasteiger partial charge in [0, 0.05) is 31.0 Å². The van der Waals surface area contributed by atoms with Crippen LogP contribution in [0.1, 0.15) is 45.6 Å². The number of rotatable bonds is 5. The normalized spacial score (nSPS) is 24.0. The molecule has 1 aliphatic rings. The molecule has 1 aliphatic carbocycles. The molecule has 2 unspecified atom stereocenters. The number of nitrogens with one attached hydrogen (secondary N) is 1. The van der Waals surface area contributed by atoms with Gasteiger partial charge in [0.1, 0.15) is 0 Å². The average Bonchev–Trinajstić information content (AvgIpc) is 2.92. The molecule has 4 nitrogen and oxygen atoms in total. The van der Waals surface area contributed by atoms with Crippen LogP contribution >= 0.6 is 0 Å². The van der Waals surface area contributed by atoms with Gasteiger partial charge in [-0.05, 0) is 46.1 Å². The first-order valence-electron chi connectivity index (χ1n) is 7.08. The highest BCUT2D eigenvalue weighted by molar-refractivity contribution is 4.86. The van der Waals surface area contributed by atoms with Crippen LogP contribution in [0.25, 0.3) is 0 Å². The summed E-state index contributed by atoms with van der Waals surface area (Å²) in [4.78, 5) is 12.1. The lowest BCUT2D eigenvalue weighted by atomic mass is 10.00. The van der Waals surface area contributed by atoms with Crippen LogP contribution in [0, 0.1) is 5.92 Å². The second-order valence-corrected chi connectivity index (χ2v) is 5.65. The fourth-order valence-electron chi connectivity index (χ4n) is 3.06. The van der Waals surface area contributed by atoms with E-state index in [2.05, 4.69) is 5.32 Å². The molecule has 0 bridgehead atoms. The van der Waals surface area contributed by atoms with Crippen LogP contribution in [0.2, 0.25) is 0 Å². The topological polar surface area (TPSA) is 39.0 Å². The van der Waals surface area contributed by atoms with Crippen LogP contribution < -0.4 is 11.0 Å².